The van der Waals surface area contributed by atoms with E-state index in [1.165, 1.54) is 0 Å². The van der Waals surface area contributed by atoms with Crippen molar-refractivity contribution >= 4 is 23.1 Å². The van der Waals surface area contributed by atoms with E-state index in [9.17, 15) is 0 Å². The third-order valence-corrected chi connectivity index (χ3v) is 2.20. The molecule has 1 aliphatic heterocycles. The summed E-state index contributed by atoms with van der Waals surface area (Å²) in [5, 5.41) is 13.3. The number of benzene rings is 1. The smallest absolute Gasteiger partial charge is 0.195 e. The number of hydrogen-bond donors (Lipinski definition) is 1. The van der Waals surface area contributed by atoms with Crippen molar-refractivity contribution < 1.29 is 9.94 Å². The molecule has 5 heteroatoms. The molecule has 74 valence electrons. The first-order chi connectivity index (χ1) is 6.81. The standard InChI is InChI=1S/C9H9ClN2O2/c10-7-1-3-8(4-2-7)12-6-14-11-9(12)5-13/h1-4,13H,5-6H2. The van der Waals surface area contributed by atoms with Gasteiger partial charge in [-0.15, -0.1) is 0 Å². The van der Waals surface area contributed by atoms with Crippen LogP contribution in [0.1, 0.15) is 0 Å². The van der Waals surface area contributed by atoms with E-state index in [-0.39, 0.29) is 6.61 Å². The van der Waals surface area contributed by atoms with Gasteiger partial charge in [0.2, 0.25) is 0 Å². The Balaban J connectivity index is 2.23. The lowest BCUT2D eigenvalue weighted by Gasteiger charge is -2.15. The van der Waals surface area contributed by atoms with Gasteiger partial charge in [0.25, 0.3) is 0 Å². The first kappa shape index (κ1) is 9.30. The van der Waals surface area contributed by atoms with Gasteiger partial charge in [-0.2, -0.15) is 0 Å². The Bertz CT molecular complexity index is 350. The van der Waals surface area contributed by atoms with E-state index in [1.807, 2.05) is 12.1 Å². The molecule has 0 amide bonds. The minimum Gasteiger partial charge on any atom is -0.388 e. The third kappa shape index (κ3) is 1.66. The van der Waals surface area contributed by atoms with E-state index in [1.54, 1.807) is 17.0 Å². The average Bonchev–Trinajstić information content (AvgIpc) is 2.67. The summed E-state index contributed by atoms with van der Waals surface area (Å²) in [7, 11) is 0. The quantitative estimate of drug-likeness (QED) is 0.807. The highest BCUT2D eigenvalue weighted by Gasteiger charge is 2.19. The molecule has 0 saturated carbocycles. The molecule has 0 radical (unpaired) electrons. The maximum Gasteiger partial charge on any atom is 0.195 e. The van der Waals surface area contributed by atoms with Gasteiger partial charge in [0, 0.05) is 10.7 Å². The van der Waals surface area contributed by atoms with Gasteiger partial charge in [-0.3, -0.25) is 4.90 Å². The summed E-state index contributed by atoms with van der Waals surface area (Å²) < 4.78 is 0. The molecule has 0 saturated heterocycles. The maximum atomic E-state index is 8.97. The topological polar surface area (TPSA) is 45.1 Å². The number of aliphatic hydroxyl groups is 1. The Morgan fingerprint density at radius 2 is 2.14 bits per heavy atom. The summed E-state index contributed by atoms with van der Waals surface area (Å²) in [6.07, 6.45) is 0. The number of amidine groups is 1. The van der Waals surface area contributed by atoms with Gasteiger partial charge in [-0.1, -0.05) is 16.8 Å². The molecule has 2 rings (SSSR count). The normalized spacial score (nSPS) is 15.3. The number of aliphatic hydroxyl groups excluding tert-OH is 1. The van der Waals surface area contributed by atoms with Crippen LogP contribution in [0.25, 0.3) is 0 Å². The summed E-state index contributed by atoms with van der Waals surface area (Å²) in [5.41, 5.74) is 0.903. The van der Waals surface area contributed by atoms with Crippen LogP contribution in [0.2, 0.25) is 5.02 Å². The van der Waals surface area contributed by atoms with Gasteiger partial charge in [0.05, 0.1) is 0 Å². The van der Waals surface area contributed by atoms with Crippen LogP contribution in [-0.4, -0.2) is 24.3 Å². The summed E-state index contributed by atoms with van der Waals surface area (Å²) in [5.74, 6) is 0.507. The molecular weight excluding hydrogens is 204 g/mol. The van der Waals surface area contributed by atoms with Crippen molar-refractivity contribution in [2.45, 2.75) is 0 Å². The molecule has 1 N–H and O–H groups in total. The molecule has 1 aromatic carbocycles. The Kier molecular flexibility index (Phi) is 2.56. The lowest BCUT2D eigenvalue weighted by atomic mass is 10.3. The fourth-order valence-corrected chi connectivity index (χ4v) is 1.37. The van der Waals surface area contributed by atoms with Crippen LogP contribution >= 0.6 is 11.6 Å². The minimum absolute atomic E-state index is 0.136. The van der Waals surface area contributed by atoms with E-state index in [2.05, 4.69) is 5.16 Å². The lowest BCUT2D eigenvalue weighted by molar-refractivity contribution is 0.174. The van der Waals surface area contributed by atoms with Gasteiger partial charge in [0.1, 0.15) is 6.61 Å². The van der Waals surface area contributed by atoms with Gasteiger partial charge in [-0.05, 0) is 24.3 Å². The highest BCUT2D eigenvalue weighted by molar-refractivity contribution is 6.30. The number of rotatable bonds is 2. The second-order valence-corrected chi connectivity index (χ2v) is 3.26. The lowest BCUT2D eigenvalue weighted by Crippen LogP contribution is -2.29. The zero-order valence-electron chi connectivity index (χ0n) is 7.35. The molecule has 0 spiro atoms. The summed E-state index contributed by atoms with van der Waals surface area (Å²) in [6.45, 7) is 0.195. The van der Waals surface area contributed by atoms with Gasteiger partial charge >= 0.3 is 0 Å². The SMILES string of the molecule is OCC1=NOCN1c1ccc(Cl)cc1. The van der Waals surface area contributed by atoms with Crippen molar-refractivity contribution in [3.05, 3.63) is 29.3 Å². The van der Waals surface area contributed by atoms with Crippen molar-refractivity contribution in [1.29, 1.82) is 0 Å². The number of halogens is 1. The predicted octanol–water partition coefficient (Wildman–Crippen LogP) is 1.44. The number of nitrogens with zero attached hydrogens (tertiary/aromatic N) is 2. The average molecular weight is 213 g/mol. The van der Waals surface area contributed by atoms with Crippen molar-refractivity contribution in [1.82, 2.24) is 0 Å². The summed E-state index contributed by atoms with van der Waals surface area (Å²) >= 11 is 5.76. The fraction of sp³-hybridized carbons (Fsp3) is 0.222. The molecule has 0 aromatic heterocycles. The second kappa shape index (κ2) is 3.86. The molecule has 1 aliphatic rings. The zero-order valence-corrected chi connectivity index (χ0v) is 8.11. The van der Waals surface area contributed by atoms with Crippen LogP contribution in [0.15, 0.2) is 29.4 Å². The monoisotopic (exact) mass is 212 g/mol. The summed E-state index contributed by atoms with van der Waals surface area (Å²) in [4.78, 5) is 6.64. The van der Waals surface area contributed by atoms with Crippen molar-refractivity contribution in [2.75, 3.05) is 18.2 Å². The van der Waals surface area contributed by atoms with E-state index in [0.717, 1.165) is 5.69 Å². The molecule has 0 aliphatic carbocycles. The Hall–Kier alpha value is -1.26. The highest BCUT2D eigenvalue weighted by atomic mass is 35.5. The van der Waals surface area contributed by atoms with Gasteiger partial charge in [-0.25, -0.2) is 0 Å². The Labute approximate surface area is 86.3 Å². The van der Waals surface area contributed by atoms with Crippen LogP contribution in [0.5, 0.6) is 0 Å². The Morgan fingerprint density at radius 3 is 2.79 bits per heavy atom. The highest BCUT2D eigenvalue weighted by Crippen LogP contribution is 2.20. The summed E-state index contributed by atoms with van der Waals surface area (Å²) in [6, 6.07) is 7.26. The molecule has 1 aromatic rings. The third-order valence-electron chi connectivity index (χ3n) is 1.95. The molecule has 0 fully saturated rings. The zero-order chi connectivity index (χ0) is 9.97. The van der Waals surface area contributed by atoms with E-state index in [4.69, 9.17) is 21.5 Å². The molecular formula is C9H9ClN2O2. The first-order valence-electron chi connectivity index (χ1n) is 4.14. The minimum atomic E-state index is -0.136. The number of hydrogen-bond acceptors (Lipinski definition) is 4. The molecule has 0 bridgehead atoms. The molecule has 4 nitrogen and oxygen atoms in total. The van der Waals surface area contributed by atoms with Gasteiger partial charge < -0.3 is 9.94 Å². The van der Waals surface area contributed by atoms with Crippen LogP contribution in [0.4, 0.5) is 5.69 Å². The number of oxime groups is 1. The second-order valence-electron chi connectivity index (χ2n) is 2.83. The van der Waals surface area contributed by atoms with Gasteiger partial charge in [0.15, 0.2) is 12.6 Å². The van der Waals surface area contributed by atoms with Crippen molar-refractivity contribution in [3.8, 4) is 0 Å². The fourth-order valence-electron chi connectivity index (χ4n) is 1.24. The van der Waals surface area contributed by atoms with Crippen LogP contribution in [0.3, 0.4) is 0 Å². The maximum absolute atomic E-state index is 8.97. The van der Waals surface area contributed by atoms with Crippen LogP contribution in [0, 0.1) is 0 Å². The number of anilines is 1. The predicted molar refractivity (Wildman–Crippen MR) is 54.4 cm³/mol. The molecule has 14 heavy (non-hydrogen) atoms. The van der Waals surface area contributed by atoms with E-state index >= 15 is 0 Å². The largest absolute Gasteiger partial charge is 0.388 e. The van der Waals surface area contributed by atoms with Crippen molar-refractivity contribution in [3.63, 3.8) is 0 Å². The molecule has 0 atom stereocenters. The van der Waals surface area contributed by atoms with Crippen LogP contribution < -0.4 is 4.90 Å². The van der Waals surface area contributed by atoms with E-state index in [0.29, 0.717) is 17.6 Å². The Morgan fingerprint density at radius 1 is 1.43 bits per heavy atom. The first-order valence-corrected chi connectivity index (χ1v) is 4.52. The van der Waals surface area contributed by atoms with Crippen molar-refractivity contribution in [2.24, 2.45) is 5.16 Å². The molecule has 1 heterocycles. The molecule has 0 unspecified atom stereocenters. The van der Waals surface area contributed by atoms with E-state index < -0.39 is 0 Å². The van der Waals surface area contributed by atoms with Crippen LogP contribution in [-0.2, 0) is 4.84 Å².